The Bertz CT molecular complexity index is 555. The fourth-order valence-electron chi connectivity index (χ4n) is 1.78. The molecule has 0 aliphatic rings. The number of carbonyl (C=O) groups is 3. The number of methoxy groups -OCH3 is 2. The molecule has 0 heterocycles. The van der Waals surface area contributed by atoms with Gasteiger partial charge in [-0.05, 0) is 24.6 Å². The van der Waals surface area contributed by atoms with Crippen molar-refractivity contribution in [2.45, 2.75) is 32.5 Å². The van der Waals surface area contributed by atoms with E-state index in [1.165, 1.54) is 7.11 Å². The van der Waals surface area contributed by atoms with E-state index < -0.39 is 12.1 Å². The molecule has 132 valence electrons. The quantitative estimate of drug-likeness (QED) is 0.646. The van der Waals surface area contributed by atoms with E-state index in [2.05, 4.69) is 10.1 Å². The molecule has 1 N–H and O–H groups in total. The molecule has 24 heavy (non-hydrogen) atoms. The average Bonchev–Trinajstić information content (AvgIpc) is 2.62. The molecule has 0 fully saturated rings. The van der Waals surface area contributed by atoms with Crippen molar-refractivity contribution in [2.24, 2.45) is 0 Å². The summed E-state index contributed by atoms with van der Waals surface area (Å²) in [5, 5.41) is 2.49. The Kier molecular flexibility index (Phi) is 8.49. The number of hydrogen-bond acceptors (Lipinski definition) is 6. The number of amides is 1. The van der Waals surface area contributed by atoms with Crippen LogP contribution >= 0.6 is 0 Å². The predicted octanol–water partition coefficient (Wildman–Crippen LogP) is 1.24. The third-order valence-electron chi connectivity index (χ3n) is 3.32. The molecule has 0 spiro atoms. The molecule has 1 rings (SSSR count). The van der Waals surface area contributed by atoms with Crippen molar-refractivity contribution in [3.8, 4) is 5.75 Å². The molecule has 0 saturated carbocycles. The Balaban J connectivity index is 2.28. The van der Waals surface area contributed by atoms with Gasteiger partial charge < -0.3 is 19.5 Å². The molecular weight excluding hydrogens is 314 g/mol. The lowest BCUT2D eigenvalue weighted by Crippen LogP contribution is -2.37. The fourth-order valence-corrected chi connectivity index (χ4v) is 1.78. The minimum absolute atomic E-state index is 0.00866. The highest BCUT2D eigenvalue weighted by molar-refractivity contribution is 5.89. The minimum atomic E-state index is -0.694. The van der Waals surface area contributed by atoms with Crippen LogP contribution in [0.3, 0.4) is 0 Å². The van der Waals surface area contributed by atoms with E-state index in [1.54, 1.807) is 14.0 Å². The first-order valence-electron chi connectivity index (χ1n) is 7.57. The Hall–Kier alpha value is -2.41. The van der Waals surface area contributed by atoms with Crippen LogP contribution in [0.1, 0.15) is 25.3 Å². The average molecular weight is 337 g/mol. The first-order chi connectivity index (χ1) is 11.5. The molecule has 0 aliphatic heterocycles. The summed E-state index contributed by atoms with van der Waals surface area (Å²) >= 11 is 0. The second-order valence-electron chi connectivity index (χ2n) is 5.13. The maximum absolute atomic E-state index is 11.9. The number of rotatable bonds is 10. The number of Topliss-reactive ketones (excluding diaryl/α,β-unsaturated/α-hetero) is 1. The molecule has 7 heteroatoms. The normalized spacial score (nSPS) is 11.5. The standard InChI is InChI=1S/C17H23NO6/c1-12(24-11-13-4-7-15(22-2)8-5-13)17(21)18-10-14(19)6-9-16(20)23-3/h4-5,7-8,12H,6,9-11H2,1-3H3,(H,18,21). The van der Waals surface area contributed by atoms with E-state index in [1.807, 2.05) is 24.3 Å². The number of ketones is 1. The summed E-state index contributed by atoms with van der Waals surface area (Å²) in [6, 6.07) is 7.31. The van der Waals surface area contributed by atoms with E-state index in [-0.39, 0.29) is 37.7 Å². The second kappa shape index (κ2) is 10.4. The molecular formula is C17H23NO6. The molecule has 1 atom stereocenters. The van der Waals surface area contributed by atoms with E-state index >= 15 is 0 Å². The molecule has 1 aromatic rings. The van der Waals surface area contributed by atoms with E-state index in [0.29, 0.717) is 0 Å². The zero-order chi connectivity index (χ0) is 17.9. The SMILES string of the molecule is COC(=O)CCC(=O)CNC(=O)C(C)OCc1ccc(OC)cc1. The highest BCUT2D eigenvalue weighted by Crippen LogP contribution is 2.12. The first kappa shape index (κ1) is 19.6. The first-order valence-corrected chi connectivity index (χ1v) is 7.57. The van der Waals surface area contributed by atoms with Gasteiger partial charge in [-0.3, -0.25) is 14.4 Å². The molecule has 0 radical (unpaired) electrons. The van der Waals surface area contributed by atoms with Crippen LogP contribution in [-0.2, 0) is 30.5 Å². The van der Waals surface area contributed by atoms with Crippen molar-refractivity contribution in [1.29, 1.82) is 0 Å². The Morgan fingerprint density at radius 2 is 1.75 bits per heavy atom. The highest BCUT2D eigenvalue weighted by Gasteiger charge is 2.15. The highest BCUT2D eigenvalue weighted by atomic mass is 16.5. The summed E-state index contributed by atoms with van der Waals surface area (Å²) in [5.74, 6) is -0.327. The summed E-state index contributed by atoms with van der Waals surface area (Å²) < 4.78 is 15.0. The maximum atomic E-state index is 11.9. The lowest BCUT2D eigenvalue weighted by atomic mass is 10.2. The van der Waals surface area contributed by atoms with Crippen molar-refractivity contribution in [3.05, 3.63) is 29.8 Å². The van der Waals surface area contributed by atoms with Gasteiger partial charge in [0.25, 0.3) is 0 Å². The lowest BCUT2D eigenvalue weighted by Gasteiger charge is -2.13. The van der Waals surface area contributed by atoms with Gasteiger partial charge in [0.2, 0.25) is 5.91 Å². The fraction of sp³-hybridized carbons (Fsp3) is 0.471. The smallest absolute Gasteiger partial charge is 0.305 e. The minimum Gasteiger partial charge on any atom is -0.497 e. The van der Waals surface area contributed by atoms with Gasteiger partial charge in [0.15, 0.2) is 5.78 Å². The van der Waals surface area contributed by atoms with Crippen molar-refractivity contribution < 1.29 is 28.6 Å². The second-order valence-corrected chi connectivity index (χ2v) is 5.13. The van der Waals surface area contributed by atoms with Crippen LogP contribution < -0.4 is 10.1 Å². The monoisotopic (exact) mass is 337 g/mol. The lowest BCUT2D eigenvalue weighted by molar-refractivity contribution is -0.141. The van der Waals surface area contributed by atoms with Crippen LogP contribution in [0, 0.1) is 0 Å². The molecule has 1 amide bonds. The van der Waals surface area contributed by atoms with Gasteiger partial charge in [-0.25, -0.2) is 0 Å². The molecule has 0 aromatic heterocycles. The van der Waals surface area contributed by atoms with Crippen molar-refractivity contribution >= 4 is 17.7 Å². The van der Waals surface area contributed by atoms with E-state index in [9.17, 15) is 14.4 Å². The van der Waals surface area contributed by atoms with Gasteiger partial charge in [-0.1, -0.05) is 12.1 Å². The maximum Gasteiger partial charge on any atom is 0.305 e. The van der Waals surface area contributed by atoms with Crippen LogP contribution in [0.15, 0.2) is 24.3 Å². The Labute approximate surface area is 141 Å². The summed E-state index contributed by atoms with van der Waals surface area (Å²) in [5.41, 5.74) is 0.907. The van der Waals surface area contributed by atoms with Crippen LogP contribution in [0.5, 0.6) is 5.75 Å². The van der Waals surface area contributed by atoms with Crippen molar-refractivity contribution in [1.82, 2.24) is 5.32 Å². The Morgan fingerprint density at radius 3 is 2.33 bits per heavy atom. The van der Waals surface area contributed by atoms with Gasteiger partial charge in [-0.2, -0.15) is 0 Å². The van der Waals surface area contributed by atoms with E-state index in [0.717, 1.165) is 11.3 Å². The third-order valence-corrected chi connectivity index (χ3v) is 3.32. The predicted molar refractivity (Wildman–Crippen MR) is 86.5 cm³/mol. The number of carbonyl (C=O) groups excluding carboxylic acids is 3. The van der Waals surface area contributed by atoms with Crippen LogP contribution in [-0.4, -0.2) is 44.5 Å². The number of benzene rings is 1. The van der Waals surface area contributed by atoms with Crippen LogP contribution in [0.4, 0.5) is 0 Å². The molecule has 0 saturated heterocycles. The zero-order valence-electron chi connectivity index (χ0n) is 14.2. The van der Waals surface area contributed by atoms with Gasteiger partial charge >= 0.3 is 5.97 Å². The Morgan fingerprint density at radius 1 is 1.08 bits per heavy atom. The topological polar surface area (TPSA) is 90.9 Å². The molecule has 0 aliphatic carbocycles. The van der Waals surface area contributed by atoms with Crippen molar-refractivity contribution in [3.63, 3.8) is 0 Å². The van der Waals surface area contributed by atoms with Crippen molar-refractivity contribution in [2.75, 3.05) is 20.8 Å². The summed E-state index contributed by atoms with van der Waals surface area (Å²) in [4.78, 5) is 34.4. The van der Waals surface area contributed by atoms with Gasteiger partial charge in [0.1, 0.15) is 11.9 Å². The largest absolute Gasteiger partial charge is 0.497 e. The molecule has 1 aromatic carbocycles. The third kappa shape index (κ3) is 7.23. The molecule has 0 bridgehead atoms. The number of nitrogens with one attached hydrogen (secondary N) is 1. The summed E-state index contributed by atoms with van der Waals surface area (Å²) in [7, 11) is 2.85. The van der Waals surface area contributed by atoms with Crippen LogP contribution in [0.25, 0.3) is 0 Å². The van der Waals surface area contributed by atoms with Gasteiger partial charge in [0, 0.05) is 6.42 Å². The number of ether oxygens (including phenoxy) is 3. The molecule has 1 unspecified atom stereocenters. The number of esters is 1. The summed E-state index contributed by atoms with van der Waals surface area (Å²) in [6.45, 7) is 1.75. The number of hydrogen-bond donors (Lipinski definition) is 1. The zero-order valence-corrected chi connectivity index (χ0v) is 14.2. The van der Waals surface area contributed by atoms with Crippen LogP contribution in [0.2, 0.25) is 0 Å². The van der Waals surface area contributed by atoms with Gasteiger partial charge in [-0.15, -0.1) is 0 Å². The van der Waals surface area contributed by atoms with E-state index in [4.69, 9.17) is 9.47 Å². The molecule has 7 nitrogen and oxygen atoms in total. The summed E-state index contributed by atoms with van der Waals surface area (Å²) in [6.07, 6.45) is -0.650. The van der Waals surface area contributed by atoms with Gasteiger partial charge in [0.05, 0.1) is 33.8 Å².